The van der Waals surface area contributed by atoms with Crippen LogP contribution in [0.1, 0.15) is 12.8 Å². The highest BCUT2D eigenvalue weighted by Crippen LogP contribution is 2.10. The van der Waals surface area contributed by atoms with Crippen LogP contribution < -0.4 is 0 Å². The van der Waals surface area contributed by atoms with Crippen molar-refractivity contribution >= 4 is 5.91 Å². The normalized spacial score (nSPS) is 24.5. The Balaban J connectivity index is 1.69. The number of morpholine rings is 1. The number of rotatable bonds is 3. The van der Waals surface area contributed by atoms with Gasteiger partial charge in [0.1, 0.15) is 6.61 Å². The molecule has 5 heteroatoms. The van der Waals surface area contributed by atoms with Gasteiger partial charge >= 0.3 is 0 Å². The van der Waals surface area contributed by atoms with E-state index in [-0.39, 0.29) is 18.8 Å². The highest BCUT2D eigenvalue weighted by atomic mass is 16.7. The molecule has 2 heterocycles. The highest BCUT2D eigenvalue weighted by molar-refractivity contribution is 5.77. The lowest BCUT2D eigenvalue weighted by Crippen LogP contribution is -2.43. The summed E-state index contributed by atoms with van der Waals surface area (Å²) >= 11 is 0. The average Bonchev–Trinajstić information content (AvgIpc) is 2.29. The summed E-state index contributed by atoms with van der Waals surface area (Å²) < 4.78 is 15.9. The molecule has 0 bridgehead atoms. The molecule has 0 aromatic heterocycles. The number of ether oxygens (including phenoxy) is 3. The van der Waals surface area contributed by atoms with Crippen LogP contribution in [0.2, 0.25) is 0 Å². The first-order valence-electron chi connectivity index (χ1n) is 5.45. The van der Waals surface area contributed by atoms with Crippen LogP contribution in [0.3, 0.4) is 0 Å². The SMILES string of the molecule is O=C1COCCN1CCC1OCCCO1. The maximum atomic E-state index is 11.4. The van der Waals surface area contributed by atoms with Crippen molar-refractivity contribution in [2.45, 2.75) is 19.1 Å². The molecule has 2 aliphatic rings. The minimum Gasteiger partial charge on any atom is -0.370 e. The first-order valence-corrected chi connectivity index (χ1v) is 5.45. The first-order chi connectivity index (χ1) is 7.36. The molecule has 2 saturated heterocycles. The second-order valence-corrected chi connectivity index (χ2v) is 3.75. The smallest absolute Gasteiger partial charge is 0.248 e. The van der Waals surface area contributed by atoms with E-state index in [1.807, 2.05) is 4.90 Å². The van der Waals surface area contributed by atoms with Crippen LogP contribution in [0, 0.1) is 0 Å². The lowest BCUT2D eigenvalue weighted by atomic mass is 10.3. The van der Waals surface area contributed by atoms with Gasteiger partial charge in [0.2, 0.25) is 5.91 Å². The monoisotopic (exact) mass is 215 g/mol. The van der Waals surface area contributed by atoms with Crippen molar-refractivity contribution in [2.24, 2.45) is 0 Å². The Labute approximate surface area is 89.3 Å². The van der Waals surface area contributed by atoms with Gasteiger partial charge in [-0.3, -0.25) is 4.79 Å². The van der Waals surface area contributed by atoms with Gasteiger partial charge in [0.05, 0.1) is 19.8 Å². The molecular formula is C10H17NO4. The Kier molecular flexibility index (Phi) is 3.94. The number of hydrogen-bond acceptors (Lipinski definition) is 4. The summed E-state index contributed by atoms with van der Waals surface area (Å²) in [6, 6.07) is 0. The lowest BCUT2D eigenvalue weighted by Gasteiger charge is -2.29. The van der Waals surface area contributed by atoms with Crippen LogP contribution in [0.25, 0.3) is 0 Å². The summed E-state index contributed by atoms with van der Waals surface area (Å²) in [5.74, 6) is 0.0667. The van der Waals surface area contributed by atoms with E-state index in [1.54, 1.807) is 0 Å². The van der Waals surface area contributed by atoms with Crippen LogP contribution in [0.4, 0.5) is 0 Å². The molecule has 1 amide bonds. The van der Waals surface area contributed by atoms with E-state index >= 15 is 0 Å². The molecule has 2 fully saturated rings. The quantitative estimate of drug-likeness (QED) is 0.665. The molecule has 0 saturated carbocycles. The number of amides is 1. The van der Waals surface area contributed by atoms with Crippen molar-refractivity contribution in [2.75, 3.05) is 39.5 Å². The molecule has 0 aromatic carbocycles. The van der Waals surface area contributed by atoms with Crippen LogP contribution >= 0.6 is 0 Å². The first kappa shape index (κ1) is 10.9. The zero-order valence-corrected chi connectivity index (χ0v) is 8.81. The Bertz CT molecular complexity index is 215. The van der Waals surface area contributed by atoms with Gasteiger partial charge in [0.15, 0.2) is 6.29 Å². The molecule has 0 radical (unpaired) electrons. The minimum absolute atomic E-state index is 0.0667. The van der Waals surface area contributed by atoms with Crippen LogP contribution in [-0.4, -0.2) is 56.6 Å². The third kappa shape index (κ3) is 3.15. The standard InChI is InChI=1S/C10H17NO4/c12-9-8-13-7-4-11(9)3-2-10-14-5-1-6-15-10/h10H,1-8H2. The second-order valence-electron chi connectivity index (χ2n) is 3.75. The fourth-order valence-electron chi connectivity index (χ4n) is 1.75. The summed E-state index contributed by atoms with van der Waals surface area (Å²) in [5, 5.41) is 0. The Morgan fingerprint density at radius 1 is 1.27 bits per heavy atom. The molecule has 0 aromatic rings. The van der Waals surface area contributed by atoms with Crippen molar-refractivity contribution in [3.05, 3.63) is 0 Å². The summed E-state index contributed by atoms with van der Waals surface area (Å²) in [6.07, 6.45) is 1.59. The topological polar surface area (TPSA) is 48.0 Å². The number of nitrogens with zero attached hydrogens (tertiary/aromatic N) is 1. The van der Waals surface area contributed by atoms with E-state index < -0.39 is 0 Å². The minimum atomic E-state index is -0.130. The van der Waals surface area contributed by atoms with Crippen molar-refractivity contribution < 1.29 is 19.0 Å². The molecule has 0 spiro atoms. The molecule has 0 unspecified atom stereocenters. The predicted octanol–water partition coefficient (Wildman–Crippen LogP) is -0.00170. The van der Waals surface area contributed by atoms with Gasteiger partial charge in [-0.05, 0) is 6.42 Å². The molecule has 0 aliphatic carbocycles. The fourth-order valence-corrected chi connectivity index (χ4v) is 1.75. The molecule has 15 heavy (non-hydrogen) atoms. The van der Waals surface area contributed by atoms with E-state index in [0.29, 0.717) is 19.7 Å². The van der Waals surface area contributed by atoms with Crippen molar-refractivity contribution in [1.82, 2.24) is 4.90 Å². The molecule has 2 rings (SSSR count). The van der Waals surface area contributed by atoms with Crippen molar-refractivity contribution in [1.29, 1.82) is 0 Å². The van der Waals surface area contributed by atoms with Gasteiger partial charge in [-0.15, -0.1) is 0 Å². The van der Waals surface area contributed by atoms with Crippen LogP contribution in [0.15, 0.2) is 0 Å². The van der Waals surface area contributed by atoms with Gasteiger partial charge < -0.3 is 19.1 Å². The Hall–Kier alpha value is -0.650. The summed E-state index contributed by atoms with van der Waals surface area (Å²) in [4.78, 5) is 13.2. The van der Waals surface area contributed by atoms with E-state index in [1.165, 1.54) is 0 Å². The predicted molar refractivity (Wildman–Crippen MR) is 52.3 cm³/mol. The number of carbonyl (C=O) groups is 1. The Morgan fingerprint density at radius 3 is 2.80 bits per heavy atom. The lowest BCUT2D eigenvalue weighted by molar-refractivity contribution is -0.184. The highest BCUT2D eigenvalue weighted by Gasteiger charge is 2.21. The molecule has 86 valence electrons. The van der Waals surface area contributed by atoms with Crippen LogP contribution in [-0.2, 0) is 19.0 Å². The maximum Gasteiger partial charge on any atom is 0.248 e. The average molecular weight is 215 g/mol. The summed E-state index contributed by atoms with van der Waals surface area (Å²) in [5.41, 5.74) is 0. The van der Waals surface area contributed by atoms with Gasteiger partial charge in [0.25, 0.3) is 0 Å². The van der Waals surface area contributed by atoms with Gasteiger partial charge in [0, 0.05) is 19.5 Å². The molecule has 5 nitrogen and oxygen atoms in total. The summed E-state index contributed by atoms with van der Waals surface area (Å²) in [7, 11) is 0. The third-order valence-electron chi connectivity index (χ3n) is 2.61. The van der Waals surface area contributed by atoms with Crippen molar-refractivity contribution in [3.8, 4) is 0 Å². The molecular weight excluding hydrogens is 198 g/mol. The molecule has 2 aliphatic heterocycles. The number of hydrogen-bond donors (Lipinski definition) is 0. The van der Waals surface area contributed by atoms with Gasteiger partial charge in [-0.2, -0.15) is 0 Å². The number of carbonyl (C=O) groups excluding carboxylic acids is 1. The van der Waals surface area contributed by atoms with E-state index in [4.69, 9.17) is 14.2 Å². The van der Waals surface area contributed by atoms with Crippen LogP contribution in [0.5, 0.6) is 0 Å². The largest absolute Gasteiger partial charge is 0.370 e. The Morgan fingerprint density at radius 2 is 2.07 bits per heavy atom. The van der Waals surface area contributed by atoms with Gasteiger partial charge in [-0.25, -0.2) is 0 Å². The fraction of sp³-hybridized carbons (Fsp3) is 0.900. The van der Waals surface area contributed by atoms with E-state index in [0.717, 1.165) is 26.1 Å². The zero-order valence-electron chi connectivity index (χ0n) is 8.81. The molecule has 0 N–H and O–H groups in total. The zero-order chi connectivity index (χ0) is 10.5. The van der Waals surface area contributed by atoms with E-state index in [2.05, 4.69) is 0 Å². The summed E-state index contributed by atoms with van der Waals surface area (Å²) in [6.45, 7) is 3.77. The van der Waals surface area contributed by atoms with Gasteiger partial charge in [-0.1, -0.05) is 0 Å². The maximum absolute atomic E-state index is 11.4. The van der Waals surface area contributed by atoms with Crippen molar-refractivity contribution in [3.63, 3.8) is 0 Å². The second kappa shape index (κ2) is 5.44. The third-order valence-corrected chi connectivity index (χ3v) is 2.61. The van der Waals surface area contributed by atoms with E-state index in [9.17, 15) is 4.79 Å². The molecule has 0 atom stereocenters.